The molecule has 0 spiro atoms. The number of halogens is 1. The van der Waals surface area contributed by atoms with Gasteiger partial charge in [-0.25, -0.2) is 4.39 Å². The van der Waals surface area contributed by atoms with Crippen LogP contribution in [0.5, 0.6) is 0 Å². The number of anilines is 1. The minimum Gasteiger partial charge on any atom is -0.398 e. The summed E-state index contributed by atoms with van der Waals surface area (Å²) in [7, 11) is 0. The summed E-state index contributed by atoms with van der Waals surface area (Å²) in [5.41, 5.74) is 6.18. The van der Waals surface area contributed by atoms with Gasteiger partial charge in [0.1, 0.15) is 5.82 Å². The molecule has 1 amide bonds. The Kier molecular flexibility index (Phi) is 4.95. The average Bonchev–Trinajstić information content (AvgIpc) is 2.39. The molecule has 5 heteroatoms. The van der Waals surface area contributed by atoms with Crippen molar-refractivity contribution >= 4 is 11.6 Å². The molecule has 1 atom stereocenters. The van der Waals surface area contributed by atoms with Crippen molar-refractivity contribution in [2.24, 2.45) is 0 Å². The lowest BCUT2D eigenvalue weighted by Gasteiger charge is -2.29. The first-order chi connectivity index (χ1) is 9.56. The molecule has 1 heterocycles. The van der Waals surface area contributed by atoms with Crippen molar-refractivity contribution in [2.45, 2.75) is 32.2 Å². The summed E-state index contributed by atoms with van der Waals surface area (Å²) in [4.78, 5) is 14.5. The number of hydrogen-bond acceptors (Lipinski definition) is 3. The Labute approximate surface area is 119 Å². The van der Waals surface area contributed by atoms with Gasteiger partial charge in [0, 0.05) is 18.3 Å². The highest BCUT2D eigenvalue weighted by Crippen LogP contribution is 2.14. The number of rotatable bonds is 4. The second-order valence-corrected chi connectivity index (χ2v) is 5.47. The summed E-state index contributed by atoms with van der Waals surface area (Å²) in [5.74, 6) is -0.674. The summed E-state index contributed by atoms with van der Waals surface area (Å²) in [6.45, 7) is 5.01. The zero-order chi connectivity index (χ0) is 14.5. The minimum atomic E-state index is -0.430. The van der Waals surface area contributed by atoms with E-state index in [1.807, 2.05) is 6.92 Å². The maximum Gasteiger partial charge on any atom is 0.253 e. The fourth-order valence-electron chi connectivity index (χ4n) is 2.62. The molecule has 4 nitrogen and oxygen atoms in total. The van der Waals surface area contributed by atoms with Crippen molar-refractivity contribution in [3.05, 3.63) is 29.6 Å². The van der Waals surface area contributed by atoms with Crippen LogP contribution in [0.1, 0.15) is 36.5 Å². The van der Waals surface area contributed by atoms with Crippen LogP contribution in [0.4, 0.5) is 10.1 Å². The molecule has 0 saturated carbocycles. The number of carbonyl (C=O) groups is 1. The SMILES string of the molecule is CC(CN1CCCCC1)NC(=O)c1ccc(F)cc1N. The Balaban J connectivity index is 1.89. The van der Waals surface area contributed by atoms with Crippen LogP contribution < -0.4 is 11.1 Å². The number of likely N-dealkylation sites (tertiary alicyclic amines) is 1. The van der Waals surface area contributed by atoms with E-state index in [0.717, 1.165) is 19.6 Å². The summed E-state index contributed by atoms with van der Waals surface area (Å²) in [6.07, 6.45) is 3.75. The normalized spacial score (nSPS) is 17.7. The monoisotopic (exact) mass is 279 g/mol. The molecule has 1 saturated heterocycles. The first kappa shape index (κ1) is 14.8. The van der Waals surface area contributed by atoms with Gasteiger partial charge >= 0.3 is 0 Å². The van der Waals surface area contributed by atoms with Crippen LogP contribution in [0.15, 0.2) is 18.2 Å². The minimum absolute atomic E-state index is 0.0463. The average molecular weight is 279 g/mol. The van der Waals surface area contributed by atoms with E-state index in [4.69, 9.17) is 5.73 Å². The molecule has 1 unspecified atom stereocenters. The predicted octanol–water partition coefficient (Wildman–Crippen LogP) is 2.01. The van der Waals surface area contributed by atoms with E-state index in [-0.39, 0.29) is 17.6 Å². The molecule has 1 aromatic carbocycles. The molecule has 0 aromatic heterocycles. The number of benzene rings is 1. The molecule has 2 rings (SSSR count). The van der Waals surface area contributed by atoms with Gasteiger partial charge in [-0.2, -0.15) is 0 Å². The van der Waals surface area contributed by atoms with Gasteiger partial charge in [-0.1, -0.05) is 6.42 Å². The van der Waals surface area contributed by atoms with Gasteiger partial charge in [0.05, 0.1) is 5.56 Å². The smallest absolute Gasteiger partial charge is 0.253 e. The number of nitrogen functional groups attached to an aromatic ring is 1. The van der Waals surface area contributed by atoms with Crippen molar-refractivity contribution in [3.63, 3.8) is 0 Å². The maximum atomic E-state index is 13.0. The van der Waals surface area contributed by atoms with Crippen LogP contribution in [0.3, 0.4) is 0 Å². The highest BCUT2D eigenvalue weighted by atomic mass is 19.1. The quantitative estimate of drug-likeness (QED) is 0.829. The molecule has 0 aliphatic carbocycles. The summed E-state index contributed by atoms with van der Waals surface area (Å²) in [5, 5.41) is 2.92. The summed E-state index contributed by atoms with van der Waals surface area (Å²) >= 11 is 0. The number of amides is 1. The van der Waals surface area contributed by atoms with Crippen LogP contribution >= 0.6 is 0 Å². The number of piperidine rings is 1. The molecule has 1 aliphatic rings. The summed E-state index contributed by atoms with van der Waals surface area (Å²) in [6, 6.07) is 3.89. The van der Waals surface area contributed by atoms with E-state index >= 15 is 0 Å². The molecule has 0 radical (unpaired) electrons. The molecule has 20 heavy (non-hydrogen) atoms. The molecule has 1 aliphatic heterocycles. The zero-order valence-electron chi connectivity index (χ0n) is 11.9. The lowest BCUT2D eigenvalue weighted by molar-refractivity contribution is 0.0926. The first-order valence-electron chi connectivity index (χ1n) is 7.14. The maximum absolute atomic E-state index is 13.0. The van der Waals surface area contributed by atoms with Crippen LogP contribution in [0.2, 0.25) is 0 Å². The molecule has 1 fully saturated rings. The van der Waals surface area contributed by atoms with E-state index in [2.05, 4.69) is 10.2 Å². The number of nitrogens with two attached hydrogens (primary N) is 1. The molecule has 3 N–H and O–H groups in total. The topological polar surface area (TPSA) is 58.4 Å². The fourth-order valence-corrected chi connectivity index (χ4v) is 2.62. The fraction of sp³-hybridized carbons (Fsp3) is 0.533. The van der Waals surface area contributed by atoms with E-state index in [0.29, 0.717) is 5.56 Å². The molecule has 1 aromatic rings. The largest absolute Gasteiger partial charge is 0.398 e. The Morgan fingerprint density at radius 2 is 2.10 bits per heavy atom. The van der Waals surface area contributed by atoms with Gasteiger partial charge in [-0.3, -0.25) is 4.79 Å². The van der Waals surface area contributed by atoms with Crippen LogP contribution in [-0.2, 0) is 0 Å². The first-order valence-corrected chi connectivity index (χ1v) is 7.14. The van der Waals surface area contributed by atoms with Gasteiger partial charge in [-0.05, 0) is 51.1 Å². The van der Waals surface area contributed by atoms with E-state index < -0.39 is 5.82 Å². The van der Waals surface area contributed by atoms with Crippen molar-refractivity contribution in [3.8, 4) is 0 Å². The Morgan fingerprint density at radius 1 is 1.40 bits per heavy atom. The van der Waals surface area contributed by atoms with Crippen molar-refractivity contribution in [2.75, 3.05) is 25.4 Å². The Hall–Kier alpha value is -1.62. The predicted molar refractivity (Wildman–Crippen MR) is 78.0 cm³/mol. The van der Waals surface area contributed by atoms with Crippen LogP contribution in [0.25, 0.3) is 0 Å². The van der Waals surface area contributed by atoms with Crippen LogP contribution in [0, 0.1) is 5.82 Å². The molecule has 0 bridgehead atoms. The molecule has 110 valence electrons. The number of carbonyl (C=O) groups excluding carboxylic acids is 1. The second kappa shape index (κ2) is 6.70. The van der Waals surface area contributed by atoms with Crippen LogP contribution in [-0.4, -0.2) is 36.5 Å². The van der Waals surface area contributed by atoms with Crippen molar-refractivity contribution < 1.29 is 9.18 Å². The third-order valence-corrected chi connectivity index (χ3v) is 3.62. The number of nitrogens with one attached hydrogen (secondary N) is 1. The zero-order valence-corrected chi connectivity index (χ0v) is 11.9. The van der Waals surface area contributed by atoms with Gasteiger partial charge in [0.15, 0.2) is 0 Å². The lowest BCUT2D eigenvalue weighted by Crippen LogP contribution is -2.43. The van der Waals surface area contributed by atoms with E-state index in [1.54, 1.807) is 0 Å². The van der Waals surface area contributed by atoms with Gasteiger partial charge in [0.25, 0.3) is 5.91 Å². The second-order valence-electron chi connectivity index (χ2n) is 5.47. The van der Waals surface area contributed by atoms with Gasteiger partial charge in [-0.15, -0.1) is 0 Å². The third kappa shape index (κ3) is 3.93. The summed E-state index contributed by atoms with van der Waals surface area (Å²) < 4.78 is 13.0. The lowest BCUT2D eigenvalue weighted by atomic mass is 10.1. The highest BCUT2D eigenvalue weighted by Gasteiger charge is 2.17. The standard InChI is InChI=1S/C15H22FN3O/c1-11(10-19-7-3-2-4-8-19)18-15(20)13-6-5-12(16)9-14(13)17/h5-6,9,11H,2-4,7-8,10,17H2,1H3,(H,18,20). The van der Waals surface area contributed by atoms with Crippen molar-refractivity contribution in [1.82, 2.24) is 10.2 Å². The van der Waals surface area contributed by atoms with E-state index in [1.165, 1.54) is 37.5 Å². The highest BCUT2D eigenvalue weighted by molar-refractivity contribution is 5.99. The van der Waals surface area contributed by atoms with Gasteiger partial charge < -0.3 is 16.0 Å². The molecular weight excluding hydrogens is 257 g/mol. The number of hydrogen-bond donors (Lipinski definition) is 2. The molecular formula is C15H22FN3O. The third-order valence-electron chi connectivity index (χ3n) is 3.62. The van der Waals surface area contributed by atoms with E-state index in [9.17, 15) is 9.18 Å². The van der Waals surface area contributed by atoms with Gasteiger partial charge in [0.2, 0.25) is 0 Å². The number of nitrogens with zero attached hydrogens (tertiary/aromatic N) is 1. The Morgan fingerprint density at radius 3 is 2.75 bits per heavy atom. The van der Waals surface area contributed by atoms with Crippen molar-refractivity contribution in [1.29, 1.82) is 0 Å². The Bertz CT molecular complexity index is 472.